The molecule has 0 atom stereocenters. The van der Waals surface area contributed by atoms with Gasteiger partial charge < -0.3 is 14.4 Å². The molecule has 0 aliphatic carbocycles. The number of carbonyl (C=O) groups is 3. The summed E-state index contributed by atoms with van der Waals surface area (Å²) in [6, 6.07) is 9.98. The Morgan fingerprint density at radius 1 is 1.10 bits per heavy atom. The van der Waals surface area contributed by atoms with Gasteiger partial charge in [-0.2, -0.15) is 0 Å². The summed E-state index contributed by atoms with van der Waals surface area (Å²) in [6.07, 6.45) is 1.05. The number of Topliss-reactive ketones (excluding diaryl/α,β-unsaturated/α-hetero) is 1. The molecule has 3 rings (SSSR count). The number of ketones is 1. The maximum absolute atomic E-state index is 13.0. The van der Waals surface area contributed by atoms with Crippen molar-refractivity contribution < 1.29 is 28.2 Å². The van der Waals surface area contributed by atoms with E-state index in [0.717, 1.165) is 0 Å². The second-order valence-corrected chi connectivity index (χ2v) is 7.38. The lowest BCUT2D eigenvalue weighted by Crippen LogP contribution is -2.42. The molecule has 0 aromatic heterocycles. The van der Waals surface area contributed by atoms with Gasteiger partial charge in [0.05, 0.1) is 7.11 Å². The molecule has 8 heteroatoms. The third-order valence-electron chi connectivity index (χ3n) is 5.05. The fraction of sp³-hybridized carbons (Fsp3) is 0.318. The zero-order chi connectivity index (χ0) is 21.7. The molecular formula is C22H21ClFNO5. The van der Waals surface area contributed by atoms with Crippen molar-refractivity contribution in [3.63, 3.8) is 0 Å². The third kappa shape index (κ3) is 5.16. The number of methoxy groups -OCH3 is 1. The standard InChI is InChI=1S/C22H21ClFNO5/c1-29-22(28)18-12-16(23)4-7-19(18)30-13-20(26)25-10-8-15(9-11-25)21(27)14-2-5-17(24)6-3-14/h2-7,12,15H,8-11,13H2,1H3. The van der Waals surface area contributed by atoms with Gasteiger partial charge in [-0.1, -0.05) is 11.6 Å². The van der Waals surface area contributed by atoms with Crippen LogP contribution in [0, 0.1) is 11.7 Å². The highest BCUT2D eigenvalue weighted by Gasteiger charge is 2.28. The van der Waals surface area contributed by atoms with E-state index in [1.54, 1.807) is 11.0 Å². The predicted octanol–water partition coefficient (Wildman–Crippen LogP) is 3.77. The number of nitrogens with zero attached hydrogens (tertiary/aromatic N) is 1. The first-order chi connectivity index (χ1) is 14.4. The molecule has 1 heterocycles. The highest BCUT2D eigenvalue weighted by Crippen LogP contribution is 2.25. The van der Waals surface area contributed by atoms with Crippen molar-refractivity contribution >= 4 is 29.3 Å². The van der Waals surface area contributed by atoms with Crippen molar-refractivity contribution in [1.82, 2.24) is 4.90 Å². The molecule has 0 bridgehead atoms. The van der Waals surface area contributed by atoms with Crippen molar-refractivity contribution in [2.24, 2.45) is 5.92 Å². The maximum Gasteiger partial charge on any atom is 0.341 e. The molecule has 1 saturated heterocycles. The van der Waals surface area contributed by atoms with Crippen molar-refractivity contribution in [2.45, 2.75) is 12.8 Å². The lowest BCUT2D eigenvalue weighted by molar-refractivity contribution is -0.134. The Kier molecular flexibility index (Phi) is 7.05. The maximum atomic E-state index is 13.0. The summed E-state index contributed by atoms with van der Waals surface area (Å²) in [5, 5.41) is 0.349. The smallest absolute Gasteiger partial charge is 0.341 e. The average molecular weight is 434 g/mol. The molecule has 1 amide bonds. The second-order valence-electron chi connectivity index (χ2n) is 6.95. The number of esters is 1. The number of likely N-dealkylation sites (tertiary alicyclic amines) is 1. The monoisotopic (exact) mass is 433 g/mol. The lowest BCUT2D eigenvalue weighted by Gasteiger charge is -2.31. The van der Waals surface area contributed by atoms with E-state index in [0.29, 0.717) is 36.5 Å². The largest absolute Gasteiger partial charge is 0.483 e. The number of rotatable bonds is 6. The van der Waals surface area contributed by atoms with E-state index in [4.69, 9.17) is 21.1 Å². The lowest BCUT2D eigenvalue weighted by atomic mass is 9.89. The summed E-state index contributed by atoms with van der Waals surface area (Å²) < 4.78 is 23.3. The van der Waals surface area contributed by atoms with Gasteiger partial charge >= 0.3 is 5.97 Å². The van der Waals surface area contributed by atoms with Crippen LogP contribution in [0.2, 0.25) is 5.02 Å². The molecule has 158 valence electrons. The van der Waals surface area contributed by atoms with Gasteiger partial charge in [0.25, 0.3) is 5.91 Å². The van der Waals surface area contributed by atoms with Crippen LogP contribution < -0.4 is 4.74 Å². The quantitative estimate of drug-likeness (QED) is 0.512. The number of hydrogen-bond donors (Lipinski definition) is 0. The summed E-state index contributed by atoms with van der Waals surface area (Å²) in [5.41, 5.74) is 0.615. The Balaban J connectivity index is 1.54. The van der Waals surface area contributed by atoms with E-state index < -0.39 is 5.97 Å². The number of halogens is 2. The van der Waals surface area contributed by atoms with Gasteiger partial charge in [-0.15, -0.1) is 0 Å². The third-order valence-corrected chi connectivity index (χ3v) is 5.28. The van der Waals surface area contributed by atoms with Crippen LogP contribution in [0.5, 0.6) is 5.75 Å². The molecule has 0 unspecified atom stereocenters. The van der Waals surface area contributed by atoms with Crippen LogP contribution in [0.3, 0.4) is 0 Å². The molecule has 0 saturated carbocycles. The van der Waals surface area contributed by atoms with E-state index >= 15 is 0 Å². The minimum Gasteiger partial charge on any atom is -0.483 e. The molecule has 1 aliphatic heterocycles. The van der Waals surface area contributed by atoms with E-state index in [-0.39, 0.29) is 41.3 Å². The fourth-order valence-electron chi connectivity index (χ4n) is 3.37. The summed E-state index contributed by atoms with van der Waals surface area (Å²) in [4.78, 5) is 38.5. The van der Waals surface area contributed by atoms with Crippen LogP contribution in [0.1, 0.15) is 33.6 Å². The zero-order valence-corrected chi connectivity index (χ0v) is 17.2. The van der Waals surface area contributed by atoms with E-state index in [2.05, 4.69) is 0 Å². The molecule has 0 radical (unpaired) electrons. The minimum atomic E-state index is -0.611. The van der Waals surface area contributed by atoms with Crippen LogP contribution >= 0.6 is 11.6 Å². The van der Waals surface area contributed by atoms with Crippen LogP contribution in [0.25, 0.3) is 0 Å². The normalized spacial score (nSPS) is 14.3. The Morgan fingerprint density at radius 3 is 2.40 bits per heavy atom. The van der Waals surface area contributed by atoms with Crippen molar-refractivity contribution in [3.8, 4) is 5.75 Å². The van der Waals surface area contributed by atoms with Crippen LogP contribution in [-0.4, -0.2) is 49.4 Å². The number of carbonyl (C=O) groups excluding carboxylic acids is 3. The second kappa shape index (κ2) is 9.71. The molecule has 0 spiro atoms. The molecule has 2 aromatic rings. The van der Waals surface area contributed by atoms with Crippen LogP contribution in [-0.2, 0) is 9.53 Å². The molecule has 1 fully saturated rings. The first-order valence-electron chi connectivity index (χ1n) is 9.47. The van der Waals surface area contributed by atoms with Crippen molar-refractivity contribution in [3.05, 3.63) is 64.4 Å². The summed E-state index contributed by atoms with van der Waals surface area (Å²) in [5.74, 6) is -1.28. The van der Waals surface area contributed by atoms with E-state index in [1.165, 1.54) is 43.5 Å². The number of benzene rings is 2. The molecule has 6 nitrogen and oxygen atoms in total. The van der Waals surface area contributed by atoms with E-state index in [1.807, 2.05) is 0 Å². The first-order valence-corrected chi connectivity index (χ1v) is 9.85. The number of piperidine rings is 1. The molecule has 30 heavy (non-hydrogen) atoms. The topological polar surface area (TPSA) is 72.9 Å². The van der Waals surface area contributed by atoms with Gasteiger partial charge in [-0.05, 0) is 55.3 Å². The molecule has 0 N–H and O–H groups in total. The zero-order valence-electron chi connectivity index (χ0n) is 16.4. The predicted molar refractivity (Wildman–Crippen MR) is 108 cm³/mol. The molecule has 1 aliphatic rings. The van der Waals surface area contributed by atoms with Gasteiger partial charge in [0, 0.05) is 29.6 Å². The average Bonchev–Trinajstić information content (AvgIpc) is 2.77. The van der Waals surface area contributed by atoms with Crippen molar-refractivity contribution in [2.75, 3.05) is 26.8 Å². The summed E-state index contributed by atoms with van der Waals surface area (Å²) in [7, 11) is 1.25. The molecular weight excluding hydrogens is 413 g/mol. The van der Waals surface area contributed by atoms with Crippen LogP contribution in [0.15, 0.2) is 42.5 Å². The Labute approximate surface area is 178 Å². The van der Waals surface area contributed by atoms with Gasteiger partial charge in [-0.25, -0.2) is 9.18 Å². The highest BCUT2D eigenvalue weighted by molar-refractivity contribution is 6.31. The van der Waals surface area contributed by atoms with Gasteiger partial charge in [0.2, 0.25) is 0 Å². The number of hydrogen-bond acceptors (Lipinski definition) is 5. The minimum absolute atomic E-state index is 0.0396. The number of ether oxygens (including phenoxy) is 2. The fourth-order valence-corrected chi connectivity index (χ4v) is 3.54. The van der Waals surface area contributed by atoms with E-state index in [9.17, 15) is 18.8 Å². The highest BCUT2D eigenvalue weighted by atomic mass is 35.5. The Hall–Kier alpha value is -2.93. The summed E-state index contributed by atoms with van der Waals surface area (Å²) in [6.45, 7) is 0.594. The number of amides is 1. The SMILES string of the molecule is COC(=O)c1cc(Cl)ccc1OCC(=O)N1CCC(C(=O)c2ccc(F)cc2)CC1. The summed E-state index contributed by atoms with van der Waals surface area (Å²) >= 11 is 5.91. The Morgan fingerprint density at radius 2 is 1.77 bits per heavy atom. The first kappa shape index (κ1) is 21.8. The van der Waals surface area contributed by atoms with Gasteiger partial charge in [0.15, 0.2) is 12.4 Å². The van der Waals surface area contributed by atoms with Gasteiger partial charge in [-0.3, -0.25) is 9.59 Å². The van der Waals surface area contributed by atoms with Crippen LogP contribution in [0.4, 0.5) is 4.39 Å². The molecule has 2 aromatic carbocycles. The van der Waals surface area contributed by atoms with Crippen molar-refractivity contribution in [1.29, 1.82) is 0 Å². The Bertz CT molecular complexity index is 939. The van der Waals surface area contributed by atoms with Gasteiger partial charge in [0.1, 0.15) is 17.1 Å².